The first kappa shape index (κ1) is 30.5. The number of alkyl halides is 3. The molecule has 10 nitrogen and oxygen atoms in total. The minimum Gasteiger partial charge on any atom is -0.379 e. The Morgan fingerprint density at radius 3 is 2.57 bits per heavy atom. The van der Waals surface area contributed by atoms with E-state index in [9.17, 15) is 18.0 Å². The van der Waals surface area contributed by atoms with Crippen molar-refractivity contribution in [2.75, 3.05) is 44.9 Å². The number of fused-ring (bicyclic) bond motifs is 1. The lowest BCUT2D eigenvalue weighted by Crippen LogP contribution is -2.54. The number of halogens is 3. The third-order valence-corrected chi connectivity index (χ3v) is 8.86. The summed E-state index contributed by atoms with van der Waals surface area (Å²) in [6.07, 6.45) is -1.42. The third kappa shape index (κ3) is 6.31. The molecule has 1 amide bonds. The Bertz CT molecular complexity index is 1500. The van der Waals surface area contributed by atoms with Gasteiger partial charge in [-0.3, -0.25) is 4.79 Å². The van der Waals surface area contributed by atoms with Crippen molar-refractivity contribution in [2.24, 2.45) is 0 Å². The normalized spacial score (nSPS) is 21.4. The number of aryl methyl sites for hydroxylation is 1. The van der Waals surface area contributed by atoms with Gasteiger partial charge in [0.25, 0.3) is 5.91 Å². The smallest absolute Gasteiger partial charge is 0.379 e. The molecule has 2 unspecified atom stereocenters. The summed E-state index contributed by atoms with van der Waals surface area (Å²) in [4.78, 5) is 27.2. The number of piperidine rings is 1. The summed E-state index contributed by atoms with van der Waals surface area (Å²) in [5, 5.41) is 7.78. The van der Waals surface area contributed by atoms with Crippen LogP contribution in [0.3, 0.4) is 0 Å². The van der Waals surface area contributed by atoms with Crippen LogP contribution in [-0.4, -0.2) is 84.1 Å². The maximum atomic E-state index is 14.0. The molecule has 236 valence electrons. The standard InChI is InChI=1S/C31H37F3N6O4/c1-18-14-25(38-44-18)28-36-27(30(41)39-11-7-23(8-12-39)35-24-9-13-43-17-26(24)42-3)19(2)29(37-28)40-10-6-20-4-5-22(31(32,33)34)15-21(20)16-40/h4-5,14-15,23-24,26,35H,6-13,16-17H2,1-3H3. The van der Waals surface area contributed by atoms with Gasteiger partial charge in [0.05, 0.1) is 18.3 Å². The second-order valence-corrected chi connectivity index (χ2v) is 11.8. The van der Waals surface area contributed by atoms with Crippen molar-refractivity contribution in [2.45, 2.75) is 70.4 Å². The fourth-order valence-corrected chi connectivity index (χ4v) is 6.36. The molecule has 2 saturated heterocycles. The Labute approximate surface area is 253 Å². The van der Waals surface area contributed by atoms with Gasteiger partial charge < -0.3 is 29.1 Å². The molecular weight excluding hydrogens is 577 g/mol. The largest absolute Gasteiger partial charge is 0.416 e. The summed E-state index contributed by atoms with van der Waals surface area (Å²) >= 11 is 0. The van der Waals surface area contributed by atoms with Crippen LogP contribution in [0.1, 0.15) is 57.8 Å². The number of nitrogens with one attached hydrogen (secondary N) is 1. The van der Waals surface area contributed by atoms with Crippen molar-refractivity contribution < 1.29 is 32.0 Å². The Balaban J connectivity index is 1.24. The second-order valence-electron chi connectivity index (χ2n) is 11.8. The number of likely N-dealkylation sites (tertiary alicyclic amines) is 1. The zero-order chi connectivity index (χ0) is 31.0. The van der Waals surface area contributed by atoms with E-state index in [1.807, 2.05) is 9.80 Å². The van der Waals surface area contributed by atoms with E-state index in [0.29, 0.717) is 67.7 Å². The molecule has 44 heavy (non-hydrogen) atoms. The highest BCUT2D eigenvalue weighted by Gasteiger charge is 2.34. The Kier molecular flexibility index (Phi) is 8.62. The maximum Gasteiger partial charge on any atom is 0.416 e. The zero-order valence-electron chi connectivity index (χ0n) is 25.1. The number of carbonyl (C=O) groups excluding carboxylic acids is 1. The molecule has 0 aliphatic carbocycles. The van der Waals surface area contributed by atoms with Crippen LogP contribution >= 0.6 is 0 Å². The van der Waals surface area contributed by atoms with Gasteiger partial charge in [-0.1, -0.05) is 11.2 Å². The molecule has 3 aliphatic rings. The first-order chi connectivity index (χ1) is 21.1. The molecule has 5 heterocycles. The predicted molar refractivity (Wildman–Crippen MR) is 155 cm³/mol. The number of methoxy groups -OCH3 is 1. The average Bonchev–Trinajstić information content (AvgIpc) is 3.46. The number of hydrogen-bond acceptors (Lipinski definition) is 9. The van der Waals surface area contributed by atoms with E-state index in [-0.39, 0.29) is 42.2 Å². The number of rotatable bonds is 6. The maximum absolute atomic E-state index is 14.0. The van der Waals surface area contributed by atoms with Crippen LogP contribution in [-0.2, 0) is 28.6 Å². The van der Waals surface area contributed by atoms with Crippen molar-refractivity contribution in [1.29, 1.82) is 0 Å². The van der Waals surface area contributed by atoms with E-state index >= 15 is 0 Å². The molecule has 0 saturated carbocycles. The van der Waals surface area contributed by atoms with Gasteiger partial charge in [0.15, 0.2) is 11.5 Å². The summed E-state index contributed by atoms with van der Waals surface area (Å²) in [6.45, 7) is 6.71. The highest BCUT2D eigenvalue weighted by molar-refractivity contribution is 5.95. The van der Waals surface area contributed by atoms with Gasteiger partial charge in [0.1, 0.15) is 17.3 Å². The van der Waals surface area contributed by atoms with E-state index < -0.39 is 11.7 Å². The molecule has 0 radical (unpaired) electrons. The molecule has 0 bridgehead atoms. The number of carbonyl (C=O) groups is 1. The van der Waals surface area contributed by atoms with Crippen LogP contribution in [0.2, 0.25) is 0 Å². The van der Waals surface area contributed by atoms with Crippen molar-refractivity contribution in [3.05, 3.63) is 58.0 Å². The van der Waals surface area contributed by atoms with Crippen LogP contribution < -0.4 is 10.2 Å². The van der Waals surface area contributed by atoms with Crippen LogP contribution in [0.25, 0.3) is 11.5 Å². The zero-order valence-corrected chi connectivity index (χ0v) is 25.1. The second kappa shape index (κ2) is 12.4. The number of hydrogen-bond donors (Lipinski definition) is 1. The summed E-state index contributed by atoms with van der Waals surface area (Å²) in [7, 11) is 1.70. The fraction of sp³-hybridized carbons (Fsp3) is 0.548. The van der Waals surface area contributed by atoms with Crippen LogP contribution in [0, 0.1) is 13.8 Å². The van der Waals surface area contributed by atoms with Crippen molar-refractivity contribution in [3.63, 3.8) is 0 Å². The highest BCUT2D eigenvalue weighted by Crippen LogP contribution is 2.34. The lowest BCUT2D eigenvalue weighted by molar-refractivity contribution is -0.137. The molecule has 2 atom stereocenters. The number of anilines is 1. The number of benzene rings is 1. The highest BCUT2D eigenvalue weighted by atomic mass is 19.4. The molecule has 3 aliphatic heterocycles. The SMILES string of the molecule is COC1COCCC1NC1CCN(C(=O)c2nc(-c3cc(C)on3)nc(N3CCc4ccc(C(F)(F)F)cc4C3)c2C)CC1. The quantitative estimate of drug-likeness (QED) is 0.435. The number of amides is 1. The monoisotopic (exact) mass is 614 g/mol. The van der Waals surface area contributed by atoms with Crippen LogP contribution in [0.15, 0.2) is 28.8 Å². The van der Waals surface area contributed by atoms with E-state index in [0.717, 1.165) is 30.9 Å². The number of nitrogens with zero attached hydrogens (tertiary/aromatic N) is 5. The molecule has 3 aromatic rings. The molecular formula is C31H37F3N6O4. The summed E-state index contributed by atoms with van der Waals surface area (Å²) in [6, 6.07) is 6.05. The van der Waals surface area contributed by atoms with Gasteiger partial charge in [0.2, 0.25) is 0 Å². The third-order valence-electron chi connectivity index (χ3n) is 8.86. The molecule has 6 rings (SSSR count). The van der Waals surface area contributed by atoms with Gasteiger partial charge in [-0.2, -0.15) is 13.2 Å². The minimum atomic E-state index is -4.43. The van der Waals surface area contributed by atoms with Crippen LogP contribution in [0.4, 0.5) is 19.0 Å². The fourth-order valence-electron chi connectivity index (χ4n) is 6.36. The summed E-state index contributed by atoms with van der Waals surface area (Å²) in [5.41, 5.74) is 2.01. The topological polar surface area (TPSA) is 106 Å². The number of aromatic nitrogens is 3. The van der Waals surface area contributed by atoms with Crippen LogP contribution in [0.5, 0.6) is 0 Å². The van der Waals surface area contributed by atoms with Gasteiger partial charge in [0, 0.05) is 63.6 Å². The summed E-state index contributed by atoms with van der Waals surface area (Å²) in [5.74, 6) is 1.11. The molecule has 2 fully saturated rings. The van der Waals surface area contributed by atoms with Crippen molar-refractivity contribution >= 4 is 11.7 Å². The molecule has 0 spiro atoms. The number of ether oxygens (including phenoxy) is 2. The first-order valence-electron chi connectivity index (χ1n) is 15.0. The molecule has 13 heteroatoms. The van der Waals surface area contributed by atoms with Crippen molar-refractivity contribution in [3.8, 4) is 11.5 Å². The van der Waals surface area contributed by atoms with E-state index in [4.69, 9.17) is 19.0 Å². The lowest BCUT2D eigenvalue weighted by atomic mass is 9.96. The average molecular weight is 615 g/mol. The van der Waals surface area contributed by atoms with Crippen molar-refractivity contribution in [1.82, 2.24) is 25.3 Å². The molecule has 1 aromatic carbocycles. The minimum absolute atomic E-state index is 0.00546. The Morgan fingerprint density at radius 2 is 1.86 bits per heavy atom. The lowest BCUT2D eigenvalue weighted by Gasteiger charge is -2.38. The Morgan fingerprint density at radius 1 is 1.07 bits per heavy atom. The van der Waals surface area contributed by atoms with E-state index in [1.54, 1.807) is 33.1 Å². The van der Waals surface area contributed by atoms with E-state index in [1.165, 1.54) is 6.07 Å². The van der Waals surface area contributed by atoms with E-state index in [2.05, 4.69) is 15.5 Å². The van der Waals surface area contributed by atoms with Gasteiger partial charge in [-0.15, -0.1) is 0 Å². The van der Waals surface area contributed by atoms with Gasteiger partial charge >= 0.3 is 6.18 Å². The Hall–Kier alpha value is -3.55. The molecule has 1 N–H and O–H groups in total. The molecule has 2 aromatic heterocycles. The van der Waals surface area contributed by atoms with Gasteiger partial charge in [-0.25, -0.2) is 9.97 Å². The summed E-state index contributed by atoms with van der Waals surface area (Å²) < 4.78 is 56.8. The van der Waals surface area contributed by atoms with Gasteiger partial charge in [-0.05, 0) is 62.8 Å². The first-order valence-corrected chi connectivity index (χ1v) is 15.0. The predicted octanol–water partition coefficient (Wildman–Crippen LogP) is 4.33.